The van der Waals surface area contributed by atoms with Crippen molar-refractivity contribution in [2.75, 3.05) is 20.3 Å². The zero-order chi connectivity index (χ0) is 28.3. The Kier molecular flexibility index (Phi) is 9.10. The lowest BCUT2D eigenvalue weighted by Crippen LogP contribution is -2.41. The highest BCUT2D eigenvalue weighted by molar-refractivity contribution is 6.62. The average molecular weight is 526 g/mol. The van der Waals surface area contributed by atoms with E-state index in [4.69, 9.17) is 23.5 Å². The highest BCUT2D eigenvalue weighted by Gasteiger charge is 2.51. The zero-order valence-corrected chi connectivity index (χ0v) is 24.4. The number of ether oxygens (including phenoxy) is 3. The Morgan fingerprint density at radius 2 is 1.47 bits per heavy atom. The number of methoxy groups -OCH3 is 1. The molecule has 7 nitrogen and oxygen atoms in total. The lowest BCUT2D eigenvalue weighted by molar-refractivity contribution is 0.00578. The van der Waals surface area contributed by atoms with Crippen LogP contribution in [0.15, 0.2) is 30.3 Å². The molecule has 0 amide bonds. The molecule has 8 heteroatoms. The van der Waals surface area contributed by atoms with Gasteiger partial charge in [-0.2, -0.15) is 0 Å². The van der Waals surface area contributed by atoms with Crippen molar-refractivity contribution in [2.45, 2.75) is 85.9 Å². The van der Waals surface area contributed by atoms with Gasteiger partial charge in [0.05, 0.1) is 37.1 Å². The molecule has 1 saturated heterocycles. The summed E-state index contributed by atoms with van der Waals surface area (Å²) in [7, 11) is 1.14. The number of aromatic hydroxyl groups is 1. The predicted molar refractivity (Wildman–Crippen MR) is 150 cm³/mol. The molecule has 1 aliphatic heterocycles. The smallest absolute Gasteiger partial charge is 0.494 e. The van der Waals surface area contributed by atoms with Gasteiger partial charge in [-0.1, -0.05) is 26.8 Å². The van der Waals surface area contributed by atoms with Crippen LogP contribution in [0.2, 0.25) is 0 Å². The summed E-state index contributed by atoms with van der Waals surface area (Å²) in [5.41, 5.74) is 0.806. The van der Waals surface area contributed by atoms with Crippen LogP contribution in [0, 0.1) is 12.3 Å². The van der Waals surface area contributed by atoms with E-state index >= 15 is 0 Å². The molecule has 0 aliphatic carbocycles. The molecule has 0 atom stereocenters. The van der Waals surface area contributed by atoms with Crippen LogP contribution in [0.25, 0.3) is 0 Å². The third kappa shape index (κ3) is 7.03. The first-order chi connectivity index (χ1) is 17.6. The lowest BCUT2D eigenvalue weighted by atomic mass is 9.79. The van der Waals surface area contributed by atoms with Crippen LogP contribution < -0.4 is 19.7 Å². The second kappa shape index (κ2) is 11.6. The topological polar surface area (TPSA) is 83.5 Å². The standard InChI is InChI=1S/C30H43BO7/c1-20-24(15-13-22(27(20)33)23(32)19-28(2,3)4)35-16-10-11-17-36-26-18-21(12-14-25(26)34-9)31-37-29(5,6)30(7,8)38-31/h12-15,18,33H,10-11,16-17,19H2,1-9H3. The number of rotatable bonds is 11. The quantitative estimate of drug-likeness (QED) is 0.223. The fourth-order valence-corrected chi connectivity index (χ4v) is 4.14. The summed E-state index contributed by atoms with van der Waals surface area (Å²) in [6.45, 7) is 16.8. The van der Waals surface area contributed by atoms with Gasteiger partial charge in [0.2, 0.25) is 0 Å². The maximum Gasteiger partial charge on any atom is 0.494 e. The first-order valence-corrected chi connectivity index (χ1v) is 13.3. The van der Waals surface area contributed by atoms with E-state index in [1.54, 1.807) is 26.2 Å². The first kappa shape index (κ1) is 29.8. The highest BCUT2D eigenvalue weighted by atomic mass is 16.7. The number of benzene rings is 2. The van der Waals surface area contributed by atoms with E-state index < -0.39 is 18.3 Å². The van der Waals surface area contributed by atoms with Crippen molar-refractivity contribution in [1.29, 1.82) is 0 Å². The molecule has 1 heterocycles. The lowest BCUT2D eigenvalue weighted by Gasteiger charge is -2.32. The SMILES string of the molecule is COc1ccc(B2OC(C)(C)C(C)(C)O2)cc1OCCCCOc1ccc(C(=O)CC(C)(C)C)c(O)c1C. The van der Waals surface area contributed by atoms with Gasteiger partial charge in [-0.3, -0.25) is 4.79 Å². The maximum atomic E-state index is 12.6. The summed E-state index contributed by atoms with van der Waals surface area (Å²) < 4.78 is 29.7. The fourth-order valence-electron chi connectivity index (χ4n) is 4.14. The van der Waals surface area contributed by atoms with E-state index in [0.717, 1.165) is 18.3 Å². The van der Waals surface area contributed by atoms with Gasteiger partial charge in [0.25, 0.3) is 0 Å². The Labute approximate surface area is 227 Å². The Bertz CT molecular complexity index is 1120. The van der Waals surface area contributed by atoms with Crippen LogP contribution in [0.3, 0.4) is 0 Å². The second-order valence-electron chi connectivity index (χ2n) is 12.1. The maximum absolute atomic E-state index is 12.6. The zero-order valence-electron chi connectivity index (χ0n) is 24.4. The molecule has 1 N–H and O–H groups in total. The number of phenols is 1. The van der Waals surface area contributed by atoms with Crippen LogP contribution in [0.5, 0.6) is 23.0 Å². The minimum Gasteiger partial charge on any atom is -0.507 e. The molecule has 0 spiro atoms. The monoisotopic (exact) mass is 526 g/mol. The fraction of sp³-hybridized carbons (Fsp3) is 0.567. The van der Waals surface area contributed by atoms with Crippen molar-refractivity contribution in [3.8, 4) is 23.0 Å². The van der Waals surface area contributed by atoms with Gasteiger partial charge >= 0.3 is 7.12 Å². The molecule has 1 fully saturated rings. The van der Waals surface area contributed by atoms with Crippen molar-refractivity contribution < 1.29 is 33.4 Å². The summed E-state index contributed by atoms with van der Waals surface area (Å²) in [6, 6.07) is 9.11. The van der Waals surface area contributed by atoms with Gasteiger partial charge in [0, 0.05) is 12.0 Å². The second-order valence-corrected chi connectivity index (χ2v) is 12.1. The van der Waals surface area contributed by atoms with Gasteiger partial charge in [-0.15, -0.1) is 0 Å². The van der Waals surface area contributed by atoms with Crippen molar-refractivity contribution >= 4 is 18.4 Å². The summed E-state index contributed by atoms with van der Waals surface area (Å²) in [6.07, 6.45) is 1.88. The van der Waals surface area contributed by atoms with Gasteiger partial charge < -0.3 is 28.6 Å². The number of Topliss-reactive ketones (excluding diaryl/α,β-unsaturated/α-hetero) is 1. The molecule has 208 valence electrons. The van der Waals surface area contributed by atoms with E-state index in [9.17, 15) is 9.90 Å². The molecule has 38 heavy (non-hydrogen) atoms. The van der Waals surface area contributed by atoms with Crippen LogP contribution in [0.4, 0.5) is 0 Å². The van der Waals surface area contributed by atoms with Crippen molar-refractivity contribution in [3.63, 3.8) is 0 Å². The molecule has 0 radical (unpaired) electrons. The Morgan fingerprint density at radius 1 is 0.921 bits per heavy atom. The summed E-state index contributed by atoms with van der Waals surface area (Å²) in [5, 5.41) is 10.6. The summed E-state index contributed by atoms with van der Waals surface area (Å²) in [5.74, 6) is 1.78. The van der Waals surface area contributed by atoms with Crippen molar-refractivity contribution in [1.82, 2.24) is 0 Å². The molecular formula is C30H43BO7. The number of carbonyl (C=O) groups is 1. The molecule has 3 rings (SSSR count). The van der Waals surface area contributed by atoms with E-state index in [0.29, 0.717) is 48.0 Å². The van der Waals surface area contributed by atoms with Gasteiger partial charge in [0.15, 0.2) is 17.3 Å². The predicted octanol–water partition coefficient (Wildman–Crippen LogP) is 5.87. The van der Waals surface area contributed by atoms with Crippen molar-refractivity contribution in [3.05, 3.63) is 41.5 Å². The Balaban J connectivity index is 1.52. The number of hydrogen-bond acceptors (Lipinski definition) is 7. The first-order valence-electron chi connectivity index (χ1n) is 13.3. The Hall–Kier alpha value is -2.71. The minimum atomic E-state index is -0.476. The van der Waals surface area contributed by atoms with Gasteiger partial charge in [0.1, 0.15) is 11.5 Å². The van der Waals surface area contributed by atoms with Gasteiger partial charge in [-0.25, -0.2) is 0 Å². The molecule has 0 aromatic heterocycles. The van der Waals surface area contributed by atoms with Gasteiger partial charge in [-0.05, 0) is 82.6 Å². The molecule has 1 aliphatic rings. The molecule has 2 aromatic carbocycles. The number of unbranched alkanes of at least 4 members (excludes halogenated alkanes) is 1. The van der Waals surface area contributed by atoms with E-state index in [1.165, 1.54) is 0 Å². The van der Waals surface area contributed by atoms with E-state index in [2.05, 4.69) is 0 Å². The molecular weight excluding hydrogens is 483 g/mol. The number of carbonyl (C=O) groups excluding carboxylic acids is 1. The molecule has 2 aromatic rings. The normalized spacial score (nSPS) is 16.4. The van der Waals surface area contributed by atoms with Crippen LogP contribution in [-0.2, 0) is 9.31 Å². The number of phenolic OH excluding ortho intramolecular Hbond substituents is 1. The third-order valence-corrected chi connectivity index (χ3v) is 7.14. The van der Waals surface area contributed by atoms with E-state index in [1.807, 2.05) is 66.7 Å². The van der Waals surface area contributed by atoms with E-state index in [-0.39, 0.29) is 16.9 Å². The van der Waals surface area contributed by atoms with Crippen LogP contribution in [0.1, 0.15) is 83.7 Å². The molecule has 0 unspecified atom stereocenters. The van der Waals surface area contributed by atoms with Crippen molar-refractivity contribution in [2.24, 2.45) is 5.41 Å². The van der Waals surface area contributed by atoms with Crippen LogP contribution >= 0.6 is 0 Å². The largest absolute Gasteiger partial charge is 0.507 e. The highest BCUT2D eigenvalue weighted by Crippen LogP contribution is 2.37. The minimum absolute atomic E-state index is 0.00550. The third-order valence-electron chi connectivity index (χ3n) is 7.14. The summed E-state index contributed by atoms with van der Waals surface area (Å²) in [4.78, 5) is 12.6. The number of ketones is 1. The van der Waals surface area contributed by atoms with Crippen LogP contribution in [-0.4, -0.2) is 49.5 Å². The number of hydrogen-bond donors (Lipinski definition) is 1. The summed E-state index contributed by atoms with van der Waals surface area (Å²) >= 11 is 0. The molecule has 0 saturated carbocycles. The molecule has 0 bridgehead atoms. The average Bonchev–Trinajstić information content (AvgIpc) is 3.04. The Morgan fingerprint density at radius 3 is 2.03 bits per heavy atom.